The molecule has 0 saturated heterocycles. The first kappa shape index (κ1) is 20.2. The fourth-order valence-electron chi connectivity index (χ4n) is 2.30. The van der Waals surface area contributed by atoms with Gasteiger partial charge in [0.2, 0.25) is 0 Å². The SMILES string of the molecule is CCc1ccccc1NC(=O)COC(=O)/C=C/c1cccc(C(F)(F)F)c1. The fourth-order valence-corrected chi connectivity index (χ4v) is 2.30. The highest BCUT2D eigenvalue weighted by molar-refractivity contribution is 5.95. The normalized spacial score (nSPS) is 11.4. The van der Waals surface area contributed by atoms with Crippen LogP contribution in [0.4, 0.5) is 18.9 Å². The Morgan fingerprint density at radius 3 is 2.56 bits per heavy atom. The van der Waals surface area contributed by atoms with Gasteiger partial charge in [-0.3, -0.25) is 4.79 Å². The maximum Gasteiger partial charge on any atom is 0.416 e. The average molecular weight is 377 g/mol. The number of esters is 1. The van der Waals surface area contributed by atoms with E-state index in [1.165, 1.54) is 18.2 Å². The van der Waals surface area contributed by atoms with Crippen LogP contribution >= 0.6 is 0 Å². The van der Waals surface area contributed by atoms with Gasteiger partial charge in [-0.15, -0.1) is 0 Å². The monoisotopic (exact) mass is 377 g/mol. The van der Waals surface area contributed by atoms with Crippen LogP contribution in [-0.2, 0) is 26.9 Å². The molecular weight excluding hydrogens is 359 g/mol. The molecule has 0 aliphatic rings. The molecular formula is C20H18F3NO3. The van der Waals surface area contributed by atoms with Crippen molar-refractivity contribution in [3.8, 4) is 0 Å². The predicted molar refractivity (Wildman–Crippen MR) is 95.9 cm³/mol. The quantitative estimate of drug-likeness (QED) is 0.597. The van der Waals surface area contributed by atoms with E-state index >= 15 is 0 Å². The van der Waals surface area contributed by atoms with Gasteiger partial charge in [0.25, 0.3) is 5.91 Å². The minimum atomic E-state index is -4.46. The molecule has 4 nitrogen and oxygen atoms in total. The van der Waals surface area contributed by atoms with E-state index in [9.17, 15) is 22.8 Å². The van der Waals surface area contributed by atoms with Crippen LogP contribution in [0.5, 0.6) is 0 Å². The van der Waals surface area contributed by atoms with Crippen molar-refractivity contribution in [2.24, 2.45) is 0 Å². The van der Waals surface area contributed by atoms with Crippen molar-refractivity contribution in [3.63, 3.8) is 0 Å². The van der Waals surface area contributed by atoms with Crippen molar-refractivity contribution in [1.29, 1.82) is 0 Å². The zero-order valence-electron chi connectivity index (χ0n) is 14.5. The molecule has 1 N–H and O–H groups in total. The number of benzene rings is 2. The van der Waals surface area contributed by atoms with Gasteiger partial charge in [-0.25, -0.2) is 4.79 Å². The lowest BCUT2D eigenvalue weighted by Crippen LogP contribution is -2.20. The number of amides is 1. The van der Waals surface area contributed by atoms with Gasteiger partial charge in [-0.2, -0.15) is 13.2 Å². The summed E-state index contributed by atoms with van der Waals surface area (Å²) in [5.41, 5.74) is 0.970. The van der Waals surface area contributed by atoms with Crippen LogP contribution in [-0.4, -0.2) is 18.5 Å². The topological polar surface area (TPSA) is 55.4 Å². The largest absolute Gasteiger partial charge is 0.452 e. The van der Waals surface area contributed by atoms with Crippen molar-refractivity contribution < 1.29 is 27.5 Å². The first-order chi connectivity index (χ1) is 12.8. The summed E-state index contributed by atoms with van der Waals surface area (Å²) in [5.74, 6) is -1.33. The van der Waals surface area contributed by atoms with Gasteiger partial charge >= 0.3 is 12.1 Å². The molecule has 0 aliphatic heterocycles. The summed E-state index contributed by atoms with van der Waals surface area (Å²) >= 11 is 0. The summed E-state index contributed by atoms with van der Waals surface area (Å²) in [5, 5.41) is 2.65. The molecule has 0 aromatic heterocycles. The number of carbonyl (C=O) groups excluding carboxylic acids is 2. The molecule has 0 fully saturated rings. The number of anilines is 1. The summed E-state index contributed by atoms with van der Waals surface area (Å²) in [6, 6.07) is 11.8. The molecule has 0 saturated carbocycles. The van der Waals surface area contributed by atoms with E-state index in [0.717, 1.165) is 30.2 Å². The lowest BCUT2D eigenvalue weighted by atomic mass is 10.1. The van der Waals surface area contributed by atoms with Crippen molar-refractivity contribution in [3.05, 3.63) is 71.3 Å². The Labute approximate surface area is 154 Å². The van der Waals surface area contributed by atoms with E-state index < -0.39 is 30.2 Å². The van der Waals surface area contributed by atoms with Crippen LogP contribution < -0.4 is 5.32 Å². The minimum Gasteiger partial charge on any atom is -0.452 e. The second-order valence-electron chi connectivity index (χ2n) is 5.62. The summed E-state index contributed by atoms with van der Waals surface area (Å²) in [7, 11) is 0. The number of aryl methyl sites for hydroxylation is 1. The molecule has 2 rings (SSSR count). The lowest BCUT2D eigenvalue weighted by molar-refractivity contribution is -0.142. The molecule has 0 unspecified atom stereocenters. The zero-order valence-corrected chi connectivity index (χ0v) is 14.5. The smallest absolute Gasteiger partial charge is 0.416 e. The Bertz CT molecular complexity index is 844. The van der Waals surface area contributed by atoms with E-state index in [-0.39, 0.29) is 5.56 Å². The third-order valence-corrected chi connectivity index (χ3v) is 3.64. The highest BCUT2D eigenvalue weighted by Crippen LogP contribution is 2.29. The first-order valence-electron chi connectivity index (χ1n) is 8.19. The Morgan fingerprint density at radius 1 is 1.11 bits per heavy atom. The van der Waals surface area contributed by atoms with Gasteiger partial charge in [0, 0.05) is 11.8 Å². The van der Waals surface area contributed by atoms with E-state index in [1.54, 1.807) is 12.1 Å². The number of hydrogen-bond acceptors (Lipinski definition) is 3. The minimum absolute atomic E-state index is 0.197. The number of nitrogens with one attached hydrogen (secondary N) is 1. The Hall–Kier alpha value is -3.09. The van der Waals surface area contributed by atoms with Gasteiger partial charge in [0.15, 0.2) is 6.61 Å². The van der Waals surface area contributed by atoms with E-state index in [2.05, 4.69) is 5.32 Å². The maximum atomic E-state index is 12.6. The summed E-state index contributed by atoms with van der Waals surface area (Å²) < 4.78 is 42.8. The van der Waals surface area contributed by atoms with Gasteiger partial charge in [0.1, 0.15) is 0 Å². The number of ether oxygens (including phenoxy) is 1. The van der Waals surface area contributed by atoms with Crippen molar-refractivity contribution in [2.45, 2.75) is 19.5 Å². The summed E-state index contributed by atoms with van der Waals surface area (Å²) in [4.78, 5) is 23.5. The number of alkyl halides is 3. The predicted octanol–water partition coefficient (Wildman–Crippen LogP) is 4.46. The number of halogens is 3. The van der Waals surface area contributed by atoms with Crippen LogP contribution in [0.3, 0.4) is 0 Å². The molecule has 27 heavy (non-hydrogen) atoms. The second-order valence-corrected chi connectivity index (χ2v) is 5.62. The van der Waals surface area contributed by atoms with Crippen LogP contribution in [0, 0.1) is 0 Å². The second kappa shape index (κ2) is 9.02. The van der Waals surface area contributed by atoms with Crippen LogP contribution in [0.2, 0.25) is 0 Å². The maximum absolute atomic E-state index is 12.6. The van der Waals surface area contributed by atoms with Crippen LogP contribution in [0.1, 0.15) is 23.6 Å². The number of para-hydroxylation sites is 1. The molecule has 1 amide bonds. The molecule has 7 heteroatoms. The molecule has 0 heterocycles. The molecule has 142 valence electrons. The highest BCUT2D eigenvalue weighted by atomic mass is 19.4. The molecule has 0 bridgehead atoms. The third-order valence-electron chi connectivity index (χ3n) is 3.64. The molecule has 0 radical (unpaired) electrons. The summed E-state index contributed by atoms with van der Waals surface area (Å²) in [6.45, 7) is 1.45. The number of carbonyl (C=O) groups is 2. The highest BCUT2D eigenvalue weighted by Gasteiger charge is 2.30. The zero-order chi connectivity index (χ0) is 19.9. The van der Waals surface area contributed by atoms with Gasteiger partial charge in [0.05, 0.1) is 5.56 Å². The lowest BCUT2D eigenvalue weighted by Gasteiger charge is -2.09. The van der Waals surface area contributed by atoms with Crippen molar-refractivity contribution in [1.82, 2.24) is 0 Å². The Balaban J connectivity index is 1.89. The van der Waals surface area contributed by atoms with Crippen molar-refractivity contribution >= 4 is 23.6 Å². The summed E-state index contributed by atoms with van der Waals surface area (Å²) in [6.07, 6.45) is -1.56. The standard InChI is InChI=1S/C20H18F3NO3/c1-2-15-7-3-4-9-17(15)24-18(25)13-27-19(26)11-10-14-6-5-8-16(12-14)20(21,22)23/h3-12H,2,13H2,1H3,(H,24,25)/b11-10+. The molecule has 2 aromatic rings. The Kier molecular flexibility index (Phi) is 6.76. The van der Waals surface area contributed by atoms with E-state index in [4.69, 9.17) is 4.74 Å². The fraction of sp³-hybridized carbons (Fsp3) is 0.200. The first-order valence-corrected chi connectivity index (χ1v) is 8.19. The van der Waals surface area contributed by atoms with Crippen LogP contribution in [0.15, 0.2) is 54.6 Å². The van der Waals surface area contributed by atoms with Crippen LogP contribution in [0.25, 0.3) is 6.08 Å². The van der Waals surface area contributed by atoms with Crippen molar-refractivity contribution in [2.75, 3.05) is 11.9 Å². The van der Waals surface area contributed by atoms with E-state index in [1.807, 2.05) is 19.1 Å². The van der Waals surface area contributed by atoms with E-state index in [0.29, 0.717) is 5.69 Å². The molecule has 0 spiro atoms. The number of rotatable bonds is 6. The molecule has 2 aromatic carbocycles. The molecule has 0 aliphatic carbocycles. The third kappa shape index (κ3) is 6.29. The van der Waals surface area contributed by atoms with Gasteiger partial charge in [-0.05, 0) is 41.8 Å². The van der Waals surface area contributed by atoms with Gasteiger partial charge in [-0.1, -0.05) is 37.3 Å². The number of hydrogen-bond donors (Lipinski definition) is 1. The molecule has 0 atom stereocenters. The average Bonchev–Trinajstić information content (AvgIpc) is 2.64. The Morgan fingerprint density at radius 2 is 1.85 bits per heavy atom. The van der Waals surface area contributed by atoms with Gasteiger partial charge < -0.3 is 10.1 Å².